The minimum atomic E-state index is -3.65. The van der Waals surface area contributed by atoms with Crippen LogP contribution in [0.5, 0.6) is 5.75 Å². The third-order valence-corrected chi connectivity index (χ3v) is 7.35. The maximum Gasteiger partial charge on any atom is 0.258 e. The molecule has 7 nitrogen and oxygen atoms in total. The molecule has 1 aliphatic rings. The number of carbonyl (C=O) groups is 1. The number of aromatic nitrogens is 1. The molecule has 4 rings (SSSR count). The standard InChI is InChI=1S/C18H16BrN3O4S2/c1-26-11-4-7-15-16(8-11)27-18(20-15)21-17(23)13-9-12(5-6-14(13)19)28(24,25)22-10-2-3-10/h4-10,22H,2-3H2,1H3,(H,20,21,23). The zero-order valence-corrected chi connectivity index (χ0v) is 17.9. The number of sulfonamides is 1. The van der Waals surface area contributed by atoms with E-state index in [0.29, 0.717) is 15.4 Å². The summed E-state index contributed by atoms with van der Waals surface area (Å²) in [5.41, 5.74) is 0.959. The summed E-state index contributed by atoms with van der Waals surface area (Å²) in [6.45, 7) is 0. The number of fused-ring (bicyclic) bond motifs is 1. The topological polar surface area (TPSA) is 97.4 Å². The number of hydrogen-bond acceptors (Lipinski definition) is 6. The van der Waals surface area contributed by atoms with Gasteiger partial charge in [0.05, 0.1) is 27.8 Å². The lowest BCUT2D eigenvalue weighted by molar-refractivity contribution is 0.102. The molecule has 146 valence electrons. The third kappa shape index (κ3) is 4.04. The van der Waals surface area contributed by atoms with Crippen LogP contribution in [0.4, 0.5) is 5.13 Å². The Kier molecular flexibility index (Phi) is 5.13. The number of halogens is 1. The molecular weight excluding hydrogens is 466 g/mol. The van der Waals surface area contributed by atoms with Crippen molar-refractivity contribution in [1.82, 2.24) is 9.71 Å². The number of thiazole rings is 1. The van der Waals surface area contributed by atoms with Crippen LogP contribution in [0.15, 0.2) is 45.8 Å². The van der Waals surface area contributed by atoms with Crippen molar-refractivity contribution in [3.05, 3.63) is 46.4 Å². The predicted molar refractivity (Wildman–Crippen MR) is 112 cm³/mol. The van der Waals surface area contributed by atoms with Crippen LogP contribution in [0, 0.1) is 0 Å². The van der Waals surface area contributed by atoms with Crippen LogP contribution >= 0.6 is 27.3 Å². The van der Waals surface area contributed by atoms with Crippen LogP contribution in [0.3, 0.4) is 0 Å². The Balaban J connectivity index is 1.60. The molecule has 0 radical (unpaired) electrons. The summed E-state index contributed by atoms with van der Waals surface area (Å²) >= 11 is 4.63. The Hall–Kier alpha value is -2.01. The molecule has 10 heteroatoms. The van der Waals surface area contributed by atoms with E-state index < -0.39 is 15.9 Å². The van der Waals surface area contributed by atoms with E-state index in [2.05, 4.69) is 31.0 Å². The lowest BCUT2D eigenvalue weighted by Gasteiger charge is -2.09. The smallest absolute Gasteiger partial charge is 0.258 e. The molecular formula is C18H16BrN3O4S2. The van der Waals surface area contributed by atoms with Gasteiger partial charge < -0.3 is 4.74 Å². The van der Waals surface area contributed by atoms with Crippen LogP contribution in [0.2, 0.25) is 0 Å². The van der Waals surface area contributed by atoms with Crippen molar-refractivity contribution >= 4 is 58.5 Å². The largest absolute Gasteiger partial charge is 0.497 e. The lowest BCUT2D eigenvalue weighted by Crippen LogP contribution is -2.26. The maximum absolute atomic E-state index is 12.7. The van der Waals surface area contributed by atoms with Crippen LogP contribution < -0.4 is 14.8 Å². The van der Waals surface area contributed by atoms with E-state index in [1.165, 1.54) is 23.5 Å². The molecule has 1 heterocycles. The van der Waals surface area contributed by atoms with Gasteiger partial charge in [0, 0.05) is 10.5 Å². The van der Waals surface area contributed by atoms with E-state index in [0.717, 1.165) is 23.1 Å². The molecule has 0 spiro atoms. The predicted octanol–water partition coefficient (Wildman–Crippen LogP) is 3.76. The lowest BCUT2D eigenvalue weighted by atomic mass is 10.2. The fourth-order valence-corrected chi connectivity index (χ4v) is 5.23. The SMILES string of the molecule is COc1ccc2nc(NC(=O)c3cc(S(=O)(=O)NC4CC4)ccc3Br)sc2c1. The summed E-state index contributed by atoms with van der Waals surface area (Å²) in [5, 5.41) is 3.16. The quantitative estimate of drug-likeness (QED) is 0.558. The van der Waals surface area contributed by atoms with E-state index in [4.69, 9.17) is 4.74 Å². The third-order valence-electron chi connectivity index (χ3n) is 4.21. The summed E-state index contributed by atoms with van der Waals surface area (Å²) in [4.78, 5) is 17.2. The molecule has 1 amide bonds. The van der Waals surface area contributed by atoms with E-state index >= 15 is 0 Å². The summed E-state index contributed by atoms with van der Waals surface area (Å²) in [6, 6.07) is 9.83. The van der Waals surface area contributed by atoms with Gasteiger partial charge >= 0.3 is 0 Å². The first-order chi connectivity index (χ1) is 13.4. The van der Waals surface area contributed by atoms with Gasteiger partial charge in [-0.15, -0.1) is 0 Å². The normalized spacial score (nSPS) is 14.2. The van der Waals surface area contributed by atoms with Crippen molar-refractivity contribution in [3.63, 3.8) is 0 Å². The van der Waals surface area contributed by atoms with Gasteiger partial charge in [0.1, 0.15) is 5.75 Å². The number of hydrogen-bond donors (Lipinski definition) is 2. The van der Waals surface area contributed by atoms with Crippen LogP contribution in [0.25, 0.3) is 10.2 Å². The van der Waals surface area contributed by atoms with Gasteiger partial charge in [-0.05, 0) is 65.2 Å². The Bertz CT molecular complexity index is 1170. The number of amides is 1. The number of nitrogens with zero attached hydrogens (tertiary/aromatic N) is 1. The Morgan fingerprint density at radius 3 is 2.75 bits per heavy atom. The highest BCUT2D eigenvalue weighted by atomic mass is 79.9. The molecule has 3 aromatic rings. The average Bonchev–Trinajstić information content (AvgIpc) is 3.37. The highest BCUT2D eigenvalue weighted by Gasteiger charge is 2.28. The Labute approximate surface area is 174 Å². The van der Waals surface area contributed by atoms with Gasteiger partial charge in [-0.3, -0.25) is 10.1 Å². The molecule has 1 fully saturated rings. The van der Waals surface area contributed by atoms with Crippen molar-refractivity contribution in [2.24, 2.45) is 0 Å². The first-order valence-electron chi connectivity index (χ1n) is 8.43. The van der Waals surface area contributed by atoms with Crippen LogP contribution in [0.1, 0.15) is 23.2 Å². The summed E-state index contributed by atoms with van der Waals surface area (Å²) in [7, 11) is -2.06. The molecule has 1 saturated carbocycles. The number of anilines is 1. The molecule has 1 aromatic heterocycles. The zero-order valence-electron chi connectivity index (χ0n) is 14.7. The molecule has 0 saturated heterocycles. The minimum absolute atomic E-state index is 0.00865. The summed E-state index contributed by atoms with van der Waals surface area (Å²) in [5.74, 6) is 0.263. The van der Waals surface area contributed by atoms with Crippen molar-refractivity contribution in [2.75, 3.05) is 12.4 Å². The minimum Gasteiger partial charge on any atom is -0.497 e. The number of rotatable bonds is 6. The maximum atomic E-state index is 12.7. The number of carbonyl (C=O) groups excluding carboxylic acids is 1. The first kappa shape index (κ1) is 19.3. The summed E-state index contributed by atoms with van der Waals surface area (Å²) in [6.07, 6.45) is 1.68. The second-order valence-electron chi connectivity index (χ2n) is 6.34. The van der Waals surface area contributed by atoms with Gasteiger partial charge in [0.25, 0.3) is 5.91 Å². The number of benzene rings is 2. The Morgan fingerprint density at radius 1 is 1.25 bits per heavy atom. The molecule has 1 aliphatic carbocycles. The number of ether oxygens (including phenoxy) is 1. The van der Waals surface area contributed by atoms with E-state index in [1.54, 1.807) is 19.2 Å². The van der Waals surface area contributed by atoms with Gasteiger partial charge in [0.2, 0.25) is 10.0 Å². The van der Waals surface area contributed by atoms with Crippen LogP contribution in [-0.4, -0.2) is 32.5 Å². The molecule has 28 heavy (non-hydrogen) atoms. The molecule has 2 aromatic carbocycles. The number of nitrogens with one attached hydrogen (secondary N) is 2. The summed E-state index contributed by atoms with van der Waals surface area (Å²) < 4.78 is 34.0. The molecule has 0 unspecified atom stereocenters. The highest BCUT2D eigenvalue weighted by molar-refractivity contribution is 9.10. The second kappa shape index (κ2) is 7.43. The van der Waals surface area contributed by atoms with Crippen molar-refractivity contribution in [1.29, 1.82) is 0 Å². The fourth-order valence-electron chi connectivity index (χ4n) is 2.58. The van der Waals surface area contributed by atoms with E-state index in [1.807, 2.05) is 12.1 Å². The first-order valence-corrected chi connectivity index (χ1v) is 11.5. The zero-order chi connectivity index (χ0) is 19.9. The highest BCUT2D eigenvalue weighted by Crippen LogP contribution is 2.30. The van der Waals surface area contributed by atoms with Gasteiger partial charge in [-0.1, -0.05) is 11.3 Å². The van der Waals surface area contributed by atoms with E-state index in [9.17, 15) is 13.2 Å². The van der Waals surface area contributed by atoms with E-state index in [-0.39, 0.29) is 16.5 Å². The molecule has 0 aliphatic heterocycles. The van der Waals surface area contributed by atoms with Crippen molar-refractivity contribution in [2.45, 2.75) is 23.8 Å². The molecule has 0 bridgehead atoms. The van der Waals surface area contributed by atoms with Crippen molar-refractivity contribution < 1.29 is 17.9 Å². The van der Waals surface area contributed by atoms with Gasteiger partial charge in [-0.25, -0.2) is 18.1 Å². The average molecular weight is 482 g/mol. The monoisotopic (exact) mass is 481 g/mol. The Morgan fingerprint density at radius 2 is 2.04 bits per heavy atom. The van der Waals surface area contributed by atoms with Crippen molar-refractivity contribution in [3.8, 4) is 5.75 Å². The van der Waals surface area contributed by atoms with Gasteiger partial charge in [-0.2, -0.15) is 0 Å². The molecule has 2 N–H and O–H groups in total. The second-order valence-corrected chi connectivity index (χ2v) is 9.94. The molecule has 0 atom stereocenters. The van der Waals surface area contributed by atoms with Crippen LogP contribution in [-0.2, 0) is 10.0 Å². The number of methoxy groups -OCH3 is 1. The fraction of sp³-hybridized carbons (Fsp3) is 0.222. The van der Waals surface area contributed by atoms with Gasteiger partial charge in [0.15, 0.2) is 5.13 Å².